The third kappa shape index (κ3) is 4.34. The van der Waals surface area contributed by atoms with Gasteiger partial charge in [0.2, 0.25) is 5.88 Å². The lowest BCUT2D eigenvalue weighted by molar-refractivity contribution is -0.892. The Morgan fingerprint density at radius 1 is 1.53 bits per heavy atom. The lowest BCUT2D eigenvalue weighted by atomic mass is 10.1. The van der Waals surface area contributed by atoms with Crippen LogP contribution < -0.4 is 22.0 Å². The smallest absolute Gasteiger partial charge is 0.214 e. The second-order valence-corrected chi connectivity index (χ2v) is 4.76. The van der Waals surface area contributed by atoms with Crippen LogP contribution in [-0.2, 0) is 0 Å². The van der Waals surface area contributed by atoms with Gasteiger partial charge in [-0.05, 0) is 6.07 Å². The Hall–Kier alpha value is -0.510. The number of hydrogen-bond acceptors (Lipinski definition) is 2. The van der Waals surface area contributed by atoms with Crippen molar-refractivity contribution in [3.05, 3.63) is 23.4 Å². The van der Waals surface area contributed by atoms with Crippen molar-refractivity contribution < 1.29 is 22.0 Å². The van der Waals surface area contributed by atoms with E-state index in [2.05, 4.69) is 12.0 Å². The maximum Gasteiger partial charge on any atom is 0.214 e. The molecular formula is C12H18Cl2N2O. The number of ether oxygens (including phenoxy) is 1. The van der Waals surface area contributed by atoms with Crippen molar-refractivity contribution in [1.82, 2.24) is 4.98 Å². The minimum absolute atomic E-state index is 0. The molecule has 1 aromatic rings. The van der Waals surface area contributed by atoms with Gasteiger partial charge in [-0.3, -0.25) is 0 Å². The molecule has 0 aliphatic carbocycles. The van der Waals surface area contributed by atoms with E-state index in [1.54, 1.807) is 11.0 Å². The summed E-state index contributed by atoms with van der Waals surface area (Å²) >= 11 is 5.78. The van der Waals surface area contributed by atoms with Crippen molar-refractivity contribution in [2.45, 2.75) is 25.3 Å². The lowest BCUT2D eigenvalue weighted by Crippen LogP contribution is -3.10. The van der Waals surface area contributed by atoms with E-state index in [0.717, 1.165) is 19.1 Å². The molecule has 0 amide bonds. The normalized spacial score (nSPS) is 23.2. The largest absolute Gasteiger partial charge is 1.00 e. The number of rotatable bonds is 4. The Bertz CT molecular complexity index is 349. The van der Waals surface area contributed by atoms with Crippen molar-refractivity contribution >= 4 is 11.6 Å². The Morgan fingerprint density at radius 2 is 2.35 bits per heavy atom. The first-order chi connectivity index (χ1) is 7.75. The SMILES string of the molecule is C[NH+]1CCCC1CCOc1cccc(Cl)n1.[Cl-]. The highest BCUT2D eigenvalue weighted by Crippen LogP contribution is 2.12. The van der Waals surface area contributed by atoms with Crippen LogP contribution in [0.15, 0.2) is 18.2 Å². The van der Waals surface area contributed by atoms with Gasteiger partial charge in [-0.1, -0.05) is 17.7 Å². The quantitative estimate of drug-likeness (QED) is 0.656. The molecule has 0 radical (unpaired) electrons. The highest BCUT2D eigenvalue weighted by atomic mass is 35.5. The van der Waals surface area contributed by atoms with Gasteiger partial charge < -0.3 is 22.0 Å². The number of nitrogens with one attached hydrogen (secondary N) is 1. The summed E-state index contributed by atoms with van der Waals surface area (Å²) in [7, 11) is 2.26. The molecule has 2 heterocycles. The van der Waals surface area contributed by atoms with E-state index in [9.17, 15) is 0 Å². The Balaban J connectivity index is 0.00000144. The summed E-state index contributed by atoms with van der Waals surface area (Å²) in [6.45, 7) is 2.02. The monoisotopic (exact) mass is 276 g/mol. The van der Waals surface area contributed by atoms with E-state index in [-0.39, 0.29) is 12.4 Å². The van der Waals surface area contributed by atoms with E-state index >= 15 is 0 Å². The standard InChI is InChI=1S/C12H17ClN2O.ClH/c1-15-8-3-4-10(15)7-9-16-12-6-2-5-11(13)14-12;/h2,5-6,10H,3-4,7-9H2,1H3;1H. The second-order valence-electron chi connectivity index (χ2n) is 4.37. The van der Waals surface area contributed by atoms with Gasteiger partial charge in [0.25, 0.3) is 0 Å². The van der Waals surface area contributed by atoms with Crippen molar-refractivity contribution in [2.75, 3.05) is 20.2 Å². The summed E-state index contributed by atoms with van der Waals surface area (Å²) in [5.41, 5.74) is 0. The topological polar surface area (TPSA) is 26.6 Å². The molecule has 1 aromatic heterocycles. The fourth-order valence-corrected chi connectivity index (χ4v) is 2.40. The highest BCUT2D eigenvalue weighted by molar-refractivity contribution is 6.29. The van der Waals surface area contributed by atoms with Crippen LogP contribution in [0.5, 0.6) is 5.88 Å². The predicted octanol–water partition coefficient (Wildman–Crippen LogP) is -1.81. The Morgan fingerprint density at radius 3 is 3.00 bits per heavy atom. The first-order valence-electron chi connectivity index (χ1n) is 5.83. The van der Waals surface area contributed by atoms with Gasteiger partial charge in [0, 0.05) is 25.3 Å². The van der Waals surface area contributed by atoms with E-state index in [1.807, 2.05) is 12.1 Å². The van der Waals surface area contributed by atoms with Crippen LogP contribution in [0.2, 0.25) is 5.15 Å². The number of halogens is 2. The van der Waals surface area contributed by atoms with Gasteiger partial charge in [0.15, 0.2) is 0 Å². The van der Waals surface area contributed by atoms with Gasteiger partial charge >= 0.3 is 0 Å². The van der Waals surface area contributed by atoms with E-state index < -0.39 is 0 Å². The van der Waals surface area contributed by atoms with Gasteiger partial charge in [0.05, 0.1) is 26.2 Å². The van der Waals surface area contributed by atoms with Crippen LogP contribution in [-0.4, -0.2) is 31.2 Å². The van der Waals surface area contributed by atoms with Crippen LogP contribution in [0, 0.1) is 0 Å². The summed E-state index contributed by atoms with van der Waals surface area (Å²) in [4.78, 5) is 5.72. The molecule has 0 saturated carbocycles. The summed E-state index contributed by atoms with van der Waals surface area (Å²) < 4.78 is 5.59. The first-order valence-corrected chi connectivity index (χ1v) is 6.21. The molecule has 17 heavy (non-hydrogen) atoms. The summed E-state index contributed by atoms with van der Waals surface area (Å²) in [5, 5.41) is 0.487. The van der Waals surface area contributed by atoms with Crippen LogP contribution in [0.1, 0.15) is 19.3 Å². The average Bonchev–Trinajstić information content (AvgIpc) is 2.65. The maximum absolute atomic E-state index is 5.78. The number of quaternary nitrogens is 1. The second kappa shape index (κ2) is 7.04. The molecule has 5 heteroatoms. The zero-order valence-electron chi connectivity index (χ0n) is 9.96. The van der Waals surface area contributed by atoms with E-state index in [1.165, 1.54) is 19.4 Å². The molecule has 0 aromatic carbocycles. The molecule has 0 bridgehead atoms. The van der Waals surface area contributed by atoms with Gasteiger partial charge in [0.1, 0.15) is 5.15 Å². The number of nitrogens with zero attached hydrogens (tertiary/aromatic N) is 1. The number of pyridine rings is 1. The highest BCUT2D eigenvalue weighted by Gasteiger charge is 2.24. The average molecular weight is 277 g/mol. The summed E-state index contributed by atoms with van der Waals surface area (Å²) in [6.07, 6.45) is 3.75. The summed E-state index contributed by atoms with van der Waals surface area (Å²) in [5.74, 6) is 0.628. The van der Waals surface area contributed by atoms with Gasteiger partial charge in [-0.2, -0.15) is 0 Å². The summed E-state index contributed by atoms with van der Waals surface area (Å²) in [6, 6.07) is 6.21. The minimum atomic E-state index is 0. The molecule has 1 aliphatic heterocycles. The molecule has 1 aliphatic rings. The lowest BCUT2D eigenvalue weighted by Gasteiger charge is -2.16. The number of hydrogen-bond donors (Lipinski definition) is 1. The molecule has 3 nitrogen and oxygen atoms in total. The Labute approximate surface area is 114 Å². The van der Waals surface area contributed by atoms with Crippen molar-refractivity contribution in [1.29, 1.82) is 0 Å². The molecule has 1 fully saturated rings. The van der Waals surface area contributed by atoms with Crippen molar-refractivity contribution in [3.63, 3.8) is 0 Å². The van der Waals surface area contributed by atoms with Gasteiger partial charge in [-0.15, -0.1) is 0 Å². The molecule has 1 saturated heterocycles. The first kappa shape index (κ1) is 14.6. The zero-order chi connectivity index (χ0) is 11.4. The zero-order valence-corrected chi connectivity index (χ0v) is 11.5. The molecule has 96 valence electrons. The molecule has 2 atom stereocenters. The van der Waals surface area contributed by atoms with Crippen molar-refractivity contribution in [3.8, 4) is 5.88 Å². The molecule has 0 spiro atoms. The van der Waals surface area contributed by atoms with Crippen molar-refractivity contribution in [2.24, 2.45) is 0 Å². The van der Waals surface area contributed by atoms with Crippen LogP contribution in [0.3, 0.4) is 0 Å². The predicted molar refractivity (Wildman–Crippen MR) is 64.1 cm³/mol. The fourth-order valence-electron chi connectivity index (χ4n) is 2.24. The van der Waals surface area contributed by atoms with Crippen LogP contribution in [0.25, 0.3) is 0 Å². The number of aromatic nitrogens is 1. The molecular weight excluding hydrogens is 259 g/mol. The molecule has 1 N–H and O–H groups in total. The molecule has 2 rings (SSSR count). The minimum Gasteiger partial charge on any atom is -1.00 e. The Kier molecular flexibility index (Phi) is 6.03. The van der Waals surface area contributed by atoms with Crippen LogP contribution >= 0.6 is 11.6 Å². The van der Waals surface area contributed by atoms with Gasteiger partial charge in [-0.25, -0.2) is 4.98 Å². The third-order valence-corrected chi connectivity index (χ3v) is 3.44. The van der Waals surface area contributed by atoms with E-state index in [0.29, 0.717) is 11.0 Å². The van der Waals surface area contributed by atoms with E-state index in [4.69, 9.17) is 16.3 Å². The fraction of sp³-hybridized carbons (Fsp3) is 0.583. The third-order valence-electron chi connectivity index (χ3n) is 3.23. The number of likely N-dealkylation sites (tertiary alicyclic amines) is 1. The maximum atomic E-state index is 5.78. The van der Waals surface area contributed by atoms with Crippen LogP contribution in [0.4, 0.5) is 0 Å². The molecule has 2 unspecified atom stereocenters.